The molecule has 2 heterocycles. The van der Waals surface area contributed by atoms with Crippen molar-refractivity contribution < 1.29 is 22.8 Å². The third kappa shape index (κ3) is 5.18. The fraction of sp³-hybridized carbons (Fsp3) is 0.238. The van der Waals surface area contributed by atoms with Gasteiger partial charge in [-0.15, -0.1) is 0 Å². The lowest BCUT2D eigenvalue weighted by atomic mass is 10.1. The van der Waals surface area contributed by atoms with Crippen LogP contribution in [0.5, 0.6) is 0 Å². The number of pyridine rings is 1. The maximum absolute atomic E-state index is 12.8. The Morgan fingerprint density at radius 1 is 1.23 bits per heavy atom. The molecule has 3 aromatic rings. The zero-order chi connectivity index (χ0) is 21.7. The highest BCUT2D eigenvalue weighted by Gasteiger charge is 2.30. The predicted molar refractivity (Wildman–Crippen MR) is 104 cm³/mol. The van der Waals surface area contributed by atoms with Crippen LogP contribution in [0.15, 0.2) is 55.0 Å². The van der Waals surface area contributed by atoms with Gasteiger partial charge in [0.2, 0.25) is 0 Å². The van der Waals surface area contributed by atoms with E-state index in [2.05, 4.69) is 10.1 Å². The number of ketones is 1. The highest BCUT2D eigenvalue weighted by Crippen LogP contribution is 2.29. The van der Waals surface area contributed by atoms with Crippen LogP contribution in [0, 0.1) is 0 Å². The van der Waals surface area contributed by atoms with Crippen molar-refractivity contribution in [2.75, 3.05) is 20.1 Å². The van der Waals surface area contributed by atoms with Gasteiger partial charge in [0.1, 0.15) is 0 Å². The average Bonchev–Trinajstić information content (AvgIpc) is 3.16. The molecular weight excluding hydrogens is 397 g/mol. The Labute approximate surface area is 171 Å². The average molecular weight is 416 g/mol. The maximum Gasteiger partial charge on any atom is 0.416 e. The van der Waals surface area contributed by atoms with Gasteiger partial charge in [-0.1, -0.05) is 12.1 Å². The Hall–Kier alpha value is -3.33. The molecule has 6 nitrogen and oxygen atoms in total. The van der Waals surface area contributed by atoms with Gasteiger partial charge in [-0.3, -0.25) is 19.5 Å². The Morgan fingerprint density at radius 3 is 2.70 bits per heavy atom. The smallest absolute Gasteiger partial charge is 0.299 e. The van der Waals surface area contributed by atoms with Gasteiger partial charge in [0.05, 0.1) is 35.2 Å². The third-order valence-electron chi connectivity index (χ3n) is 4.52. The topological polar surface area (TPSA) is 68.1 Å². The fourth-order valence-electron chi connectivity index (χ4n) is 2.92. The molecule has 0 aliphatic heterocycles. The summed E-state index contributed by atoms with van der Waals surface area (Å²) in [5.74, 6) is -0.417. The molecule has 0 bridgehead atoms. The summed E-state index contributed by atoms with van der Waals surface area (Å²) in [6.45, 7) is 0.344. The lowest BCUT2D eigenvalue weighted by Gasteiger charge is -2.15. The van der Waals surface area contributed by atoms with Gasteiger partial charge >= 0.3 is 6.18 Å². The van der Waals surface area contributed by atoms with E-state index in [4.69, 9.17) is 0 Å². The molecule has 2 aromatic heterocycles. The van der Waals surface area contributed by atoms with E-state index in [0.717, 1.165) is 12.1 Å². The number of benzene rings is 1. The van der Waals surface area contributed by atoms with Crippen LogP contribution in [-0.4, -0.2) is 51.9 Å². The minimum Gasteiger partial charge on any atom is -0.299 e. The van der Waals surface area contributed by atoms with Gasteiger partial charge in [-0.05, 0) is 31.3 Å². The number of carbonyl (C=O) groups excluding carboxylic acids is 2. The molecule has 0 radical (unpaired) electrons. The van der Waals surface area contributed by atoms with Gasteiger partial charge in [-0.25, -0.2) is 4.68 Å². The number of hydrogen-bond donors (Lipinski definition) is 0. The summed E-state index contributed by atoms with van der Waals surface area (Å²) in [7, 11) is 1.68. The summed E-state index contributed by atoms with van der Waals surface area (Å²) < 4.78 is 40.1. The van der Waals surface area contributed by atoms with Crippen molar-refractivity contribution in [2.45, 2.75) is 12.6 Å². The Bertz CT molecular complexity index is 1030. The SMILES string of the molecule is CN(CCc1nn(-c2cccnc2)cc1C=O)CC(=O)c1cccc(C(F)(F)F)c1. The Kier molecular flexibility index (Phi) is 6.41. The minimum atomic E-state index is -4.50. The third-order valence-corrected chi connectivity index (χ3v) is 4.52. The summed E-state index contributed by atoms with van der Waals surface area (Å²) in [6.07, 6.45) is 1.46. The molecule has 0 saturated heterocycles. The van der Waals surface area contributed by atoms with E-state index in [1.165, 1.54) is 12.1 Å². The number of aromatic nitrogens is 3. The van der Waals surface area contributed by atoms with Gasteiger partial charge in [0, 0.05) is 30.9 Å². The predicted octanol–water partition coefficient (Wildman–Crippen LogP) is 3.46. The summed E-state index contributed by atoms with van der Waals surface area (Å²) in [4.78, 5) is 29.4. The number of nitrogens with zero attached hydrogens (tertiary/aromatic N) is 4. The van der Waals surface area contributed by atoms with Crippen LogP contribution in [0.2, 0.25) is 0 Å². The summed E-state index contributed by atoms with van der Waals surface area (Å²) in [6, 6.07) is 7.93. The fourth-order valence-corrected chi connectivity index (χ4v) is 2.92. The van der Waals surface area contributed by atoms with Crippen LogP contribution in [0.3, 0.4) is 0 Å². The molecule has 9 heteroatoms. The van der Waals surface area contributed by atoms with Gasteiger partial charge in [0.25, 0.3) is 0 Å². The van der Waals surface area contributed by atoms with E-state index in [9.17, 15) is 22.8 Å². The Morgan fingerprint density at radius 2 is 2.03 bits per heavy atom. The second-order valence-corrected chi connectivity index (χ2v) is 6.79. The molecule has 0 N–H and O–H groups in total. The second-order valence-electron chi connectivity index (χ2n) is 6.79. The lowest BCUT2D eigenvalue weighted by molar-refractivity contribution is -0.137. The highest BCUT2D eigenvalue weighted by atomic mass is 19.4. The van der Waals surface area contributed by atoms with E-state index in [-0.39, 0.29) is 12.1 Å². The van der Waals surface area contributed by atoms with Crippen molar-refractivity contribution in [1.82, 2.24) is 19.7 Å². The molecule has 156 valence electrons. The molecular formula is C21H19F3N4O2. The van der Waals surface area contributed by atoms with Crippen LogP contribution < -0.4 is 0 Å². The largest absolute Gasteiger partial charge is 0.416 e. The van der Waals surface area contributed by atoms with Crippen LogP contribution in [-0.2, 0) is 12.6 Å². The zero-order valence-electron chi connectivity index (χ0n) is 16.1. The lowest BCUT2D eigenvalue weighted by Crippen LogP contribution is -2.28. The van der Waals surface area contributed by atoms with E-state index >= 15 is 0 Å². The molecule has 0 aliphatic carbocycles. The molecule has 30 heavy (non-hydrogen) atoms. The number of Topliss-reactive ketones (excluding diaryl/α,β-unsaturated/α-hetero) is 1. The number of aldehydes is 1. The molecule has 0 spiro atoms. The molecule has 0 unspecified atom stereocenters. The van der Waals surface area contributed by atoms with Crippen molar-refractivity contribution in [3.63, 3.8) is 0 Å². The summed E-state index contributed by atoms with van der Waals surface area (Å²) >= 11 is 0. The van der Waals surface area contributed by atoms with Crippen molar-refractivity contribution >= 4 is 12.1 Å². The van der Waals surface area contributed by atoms with Crippen molar-refractivity contribution in [2.24, 2.45) is 0 Å². The molecule has 1 aromatic carbocycles. The molecule has 0 aliphatic rings. The zero-order valence-corrected chi connectivity index (χ0v) is 16.1. The van der Waals surface area contributed by atoms with Crippen molar-refractivity contribution in [1.29, 1.82) is 0 Å². The van der Waals surface area contributed by atoms with E-state index in [0.29, 0.717) is 36.2 Å². The van der Waals surface area contributed by atoms with E-state index < -0.39 is 17.5 Å². The second kappa shape index (κ2) is 9.00. The maximum atomic E-state index is 12.8. The molecule has 0 fully saturated rings. The number of hydrogen-bond acceptors (Lipinski definition) is 5. The molecule has 0 atom stereocenters. The Balaban J connectivity index is 1.63. The first kappa shape index (κ1) is 21.4. The number of likely N-dealkylation sites (N-methyl/N-ethyl adjacent to an activating group) is 1. The monoisotopic (exact) mass is 416 g/mol. The normalized spacial score (nSPS) is 11.6. The van der Waals surface area contributed by atoms with Gasteiger partial charge in [-0.2, -0.15) is 18.3 Å². The van der Waals surface area contributed by atoms with E-state index in [1.807, 2.05) is 0 Å². The highest BCUT2D eigenvalue weighted by molar-refractivity contribution is 5.97. The first-order valence-electron chi connectivity index (χ1n) is 9.11. The summed E-state index contributed by atoms with van der Waals surface area (Å²) in [5.41, 5.74) is 0.849. The van der Waals surface area contributed by atoms with E-state index in [1.54, 1.807) is 47.4 Å². The van der Waals surface area contributed by atoms with Gasteiger partial charge < -0.3 is 0 Å². The first-order chi connectivity index (χ1) is 14.3. The first-order valence-corrected chi connectivity index (χ1v) is 9.11. The number of carbonyl (C=O) groups is 2. The van der Waals surface area contributed by atoms with Crippen molar-refractivity contribution in [3.05, 3.63) is 77.4 Å². The number of halogens is 3. The summed E-state index contributed by atoms with van der Waals surface area (Å²) in [5, 5.41) is 4.41. The van der Waals surface area contributed by atoms with Crippen LogP contribution in [0.25, 0.3) is 5.69 Å². The molecule has 0 saturated carbocycles. The standard InChI is InChI=1S/C21H19F3N4O2/c1-27(13-20(30)15-4-2-5-17(10-15)21(22,23)24)9-7-19-16(14-29)12-28(26-19)18-6-3-8-25-11-18/h2-6,8,10-12,14H,7,9,13H2,1H3. The number of rotatable bonds is 8. The van der Waals surface area contributed by atoms with Crippen molar-refractivity contribution in [3.8, 4) is 5.69 Å². The minimum absolute atomic E-state index is 0.00566. The quantitative estimate of drug-likeness (QED) is 0.416. The van der Waals surface area contributed by atoms with Crippen LogP contribution >= 0.6 is 0 Å². The van der Waals surface area contributed by atoms with Gasteiger partial charge in [0.15, 0.2) is 12.1 Å². The molecule has 3 rings (SSSR count). The van der Waals surface area contributed by atoms with Crippen LogP contribution in [0.4, 0.5) is 13.2 Å². The molecule has 0 amide bonds. The number of alkyl halides is 3. The van der Waals surface area contributed by atoms with Crippen LogP contribution in [0.1, 0.15) is 32.0 Å².